The van der Waals surface area contributed by atoms with Gasteiger partial charge in [0.25, 0.3) is 11.6 Å². The van der Waals surface area contributed by atoms with Crippen molar-refractivity contribution in [1.82, 2.24) is 5.32 Å². The fraction of sp³-hybridized carbons (Fsp3) is 0.368. The van der Waals surface area contributed by atoms with Crippen molar-refractivity contribution in [3.63, 3.8) is 0 Å². The Labute approximate surface area is 166 Å². The quantitative estimate of drug-likeness (QED) is 0.467. The van der Waals surface area contributed by atoms with E-state index in [0.29, 0.717) is 18.0 Å². The van der Waals surface area contributed by atoms with E-state index in [2.05, 4.69) is 10.1 Å². The van der Waals surface area contributed by atoms with Gasteiger partial charge in [-0.15, -0.1) is 11.3 Å². The highest BCUT2D eigenvalue weighted by Crippen LogP contribution is 2.28. The van der Waals surface area contributed by atoms with Crippen LogP contribution < -0.4 is 10.2 Å². The third-order valence-corrected chi connectivity index (χ3v) is 5.74. The molecule has 9 heteroatoms. The summed E-state index contributed by atoms with van der Waals surface area (Å²) in [5.74, 6) is -0.790. The van der Waals surface area contributed by atoms with Crippen molar-refractivity contribution >= 4 is 34.6 Å². The van der Waals surface area contributed by atoms with Gasteiger partial charge < -0.3 is 15.0 Å². The van der Waals surface area contributed by atoms with E-state index >= 15 is 0 Å². The number of nitro benzene ring substituents is 1. The first kappa shape index (κ1) is 19.8. The van der Waals surface area contributed by atoms with Crippen LogP contribution in [0.4, 0.5) is 11.4 Å². The molecule has 1 aromatic carbocycles. The highest BCUT2D eigenvalue weighted by atomic mass is 32.1. The normalized spacial score (nSPS) is 14.6. The summed E-state index contributed by atoms with van der Waals surface area (Å²) in [6.45, 7) is 3.31. The summed E-state index contributed by atoms with van der Waals surface area (Å²) in [4.78, 5) is 38.6. The van der Waals surface area contributed by atoms with E-state index in [1.165, 1.54) is 30.6 Å². The Kier molecular flexibility index (Phi) is 5.93. The van der Waals surface area contributed by atoms with Crippen LogP contribution in [-0.4, -0.2) is 43.0 Å². The van der Waals surface area contributed by atoms with Crippen LogP contribution >= 0.6 is 11.3 Å². The maximum atomic E-state index is 12.3. The van der Waals surface area contributed by atoms with E-state index in [9.17, 15) is 19.7 Å². The van der Waals surface area contributed by atoms with Gasteiger partial charge in [0, 0.05) is 35.8 Å². The predicted molar refractivity (Wildman–Crippen MR) is 106 cm³/mol. The van der Waals surface area contributed by atoms with E-state index in [4.69, 9.17) is 0 Å². The number of hydrogen-bond acceptors (Lipinski definition) is 7. The molecule has 1 fully saturated rings. The molecule has 1 aliphatic heterocycles. The Hall–Kier alpha value is -2.94. The fourth-order valence-corrected chi connectivity index (χ4v) is 4.02. The number of benzene rings is 1. The summed E-state index contributed by atoms with van der Waals surface area (Å²) < 4.78 is 4.67. The lowest BCUT2D eigenvalue weighted by Gasteiger charge is -2.34. The van der Waals surface area contributed by atoms with Gasteiger partial charge in [-0.3, -0.25) is 14.9 Å². The largest absolute Gasteiger partial charge is 0.465 e. The summed E-state index contributed by atoms with van der Waals surface area (Å²) in [6, 6.07) is 8.29. The number of anilines is 1. The number of thiophene rings is 1. The van der Waals surface area contributed by atoms with Gasteiger partial charge in [-0.2, -0.15) is 0 Å². The lowest BCUT2D eigenvalue weighted by Crippen LogP contribution is -2.44. The Bertz CT molecular complexity index is 903. The van der Waals surface area contributed by atoms with Crippen molar-refractivity contribution < 1.29 is 19.2 Å². The number of piperidine rings is 1. The topological polar surface area (TPSA) is 102 Å². The second-order valence-electron chi connectivity index (χ2n) is 6.60. The van der Waals surface area contributed by atoms with Crippen LogP contribution in [0.1, 0.15) is 37.7 Å². The second-order valence-corrected chi connectivity index (χ2v) is 7.88. The van der Waals surface area contributed by atoms with E-state index < -0.39 is 10.9 Å². The van der Waals surface area contributed by atoms with Crippen LogP contribution in [-0.2, 0) is 4.74 Å². The molecule has 0 aliphatic carbocycles. The molecular formula is C19H21N3O5S. The van der Waals surface area contributed by atoms with Crippen molar-refractivity contribution in [3.05, 3.63) is 55.8 Å². The first-order chi connectivity index (χ1) is 13.4. The molecule has 0 unspecified atom stereocenters. The van der Waals surface area contributed by atoms with E-state index in [0.717, 1.165) is 23.4 Å². The maximum Gasteiger partial charge on any atom is 0.344 e. The van der Waals surface area contributed by atoms with Crippen LogP contribution in [0.15, 0.2) is 30.3 Å². The van der Waals surface area contributed by atoms with E-state index in [1.807, 2.05) is 24.0 Å². The van der Waals surface area contributed by atoms with Crippen molar-refractivity contribution in [2.75, 3.05) is 25.1 Å². The van der Waals surface area contributed by atoms with Crippen LogP contribution in [0.2, 0.25) is 0 Å². The second kappa shape index (κ2) is 8.39. The summed E-state index contributed by atoms with van der Waals surface area (Å²) >= 11 is 1.47. The highest BCUT2D eigenvalue weighted by molar-refractivity contribution is 7.13. The Morgan fingerprint density at radius 1 is 1.25 bits per heavy atom. The Balaban J connectivity index is 1.65. The first-order valence-corrected chi connectivity index (χ1v) is 9.69. The zero-order valence-electron chi connectivity index (χ0n) is 15.6. The van der Waals surface area contributed by atoms with Gasteiger partial charge in [-0.25, -0.2) is 4.79 Å². The molecule has 0 bridgehead atoms. The van der Waals surface area contributed by atoms with Crippen molar-refractivity contribution in [3.8, 4) is 0 Å². The minimum absolute atomic E-state index is 0.0557. The molecule has 1 saturated heterocycles. The van der Waals surface area contributed by atoms with Gasteiger partial charge in [0.1, 0.15) is 5.56 Å². The molecule has 2 aromatic rings. The number of aryl methyl sites for hydroxylation is 1. The number of hydrogen-bond donors (Lipinski definition) is 1. The number of nitrogens with one attached hydrogen (secondary N) is 1. The minimum atomic E-state index is -0.734. The van der Waals surface area contributed by atoms with Crippen LogP contribution in [0.5, 0.6) is 0 Å². The van der Waals surface area contributed by atoms with Gasteiger partial charge in [-0.1, -0.05) is 0 Å². The number of esters is 1. The van der Waals surface area contributed by atoms with E-state index in [1.54, 1.807) is 6.07 Å². The molecule has 3 rings (SSSR count). The minimum Gasteiger partial charge on any atom is -0.465 e. The molecule has 1 aliphatic rings. The number of nitrogens with zero attached hydrogens (tertiary/aromatic N) is 2. The first-order valence-electron chi connectivity index (χ1n) is 8.88. The van der Waals surface area contributed by atoms with Crippen LogP contribution in [0.25, 0.3) is 0 Å². The number of methoxy groups -OCH3 is 1. The molecular weight excluding hydrogens is 382 g/mol. The molecule has 148 valence electrons. The molecule has 2 heterocycles. The lowest BCUT2D eigenvalue weighted by molar-refractivity contribution is -0.385. The predicted octanol–water partition coefficient (Wildman–Crippen LogP) is 3.15. The average Bonchev–Trinajstić information content (AvgIpc) is 3.14. The van der Waals surface area contributed by atoms with E-state index in [-0.39, 0.29) is 23.2 Å². The third-order valence-electron chi connectivity index (χ3n) is 4.74. The summed E-state index contributed by atoms with van der Waals surface area (Å²) in [7, 11) is 1.20. The number of rotatable bonds is 5. The van der Waals surface area contributed by atoms with Crippen molar-refractivity contribution in [2.24, 2.45) is 0 Å². The molecule has 28 heavy (non-hydrogen) atoms. The lowest BCUT2D eigenvalue weighted by atomic mass is 10.0. The Morgan fingerprint density at radius 2 is 1.96 bits per heavy atom. The number of nitro groups is 1. The van der Waals surface area contributed by atoms with Crippen molar-refractivity contribution in [1.29, 1.82) is 0 Å². The zero-order valence-corrected chi connectivity index (χ0v) is 16.5. The number of carbonyl (C=O) groups is 2. The van der Waals surface area contributed by atoms with Gasteiger partial charge >= 0.3 is 5.97 Å². The van der Waals surface area contributed by atoms with Gasteiger partial charge in [-0.05, 0) is 44.0 Å². The molecule has 0 saturated carbocycles. The number of ether oxygens (including phenoxy) is 1. The Morgan fingerprint density at radius 3 is 2.54 bits per heavy atom. The monoisotopic (exact) mass is 403 g/mol. The van der Waals surface area contributed by atoms with Gasteiger partial charge in [0.05, 0.1) is 16.9 Å². The summed E-state index contributed by atoms with van der Waals surface area (Å²) in [6.07, 6.45) is 1.50. The molecule has 8 nitrogen and oxygen atoms in total. The molecule has 1 aromatic heterocycles. The standard InChI is InChI=1S/C19H21N3O5S/c1-12-3-6-17(28-12)18(23)20-13-7-9-21(10-8-13)14-4-5-16(22(25)26)15(11-14)19(24)27-2/h3-6,11,13H,7-10H2,1-2H3,(H,20,23). The summed E-state index contributed by atoms with van der Waals surface area (Å²) in [5.41, 5.74) is 0.391. The molecule has 0 spiro atoms. The molecule has 1 N–H and O–H groups in total. The van der Waals surface area contributed by atoms with Gasteiger partial charge in [0.2, 0.25) is 0 Å². The number of amides is 1. The third kappa shape index (κ3) is 4.30. The van der Waals surface area contributed by atoms with Crippen LogP contribution in [0.3, 0.4) is 0 Å². The van der Waals surface area contributed by atoms with Crippen molar-refractivity contribution in [2.45, 2.75) is 25.8 Å². The van der Waals surface area contributed by atoms with Gasteiger partial charge in [0.15, 0.2) is 0 Å². The number of carbonyl (C=O) groups excluding carboxylic acids is 2. The summed E-state index contributed by atoms with van der Waals surface area (Å²) in [5, 5.41) is 14.2. The molecule has 0 radical (unpaired) electrons. The smallest absolute Gasteiger partial charge is 0.344 e. The maximum absolute atomic E-state index is 12.3. The SMILES string of the molecule is COC(=O)c1cc(N2CCC(NC(=O)c3ccc(C)s3)CC2)ccc1[N+](=O)[O-]. The molecule has 1 amide bonds. The van der Waals surface area contributed by atoms with Crippen LogP contribution in [0, 0.1) is 17.0 Å². The molecule has 0 atom stereocenters. The fourth-order valence-electron chi connectivity index (χ4n) is 3.25. The average molecular weight is 403 g/mol. The zero-order chi connectivity index (χ0) is 20.3. The highest BCUT2D eigenvalue weighted by Gasteiger charge is 2.25.